The predicted molar refractivity (Wildman–Crippen MR) is 81.6 cm³/mol. The summed E-state index contributed by atoms with van der Waals surface area (Å²) in [6, 6.07) is 17.3. The molecule has 124 valence electrons. The van der Waals surface area contributed by atoms with E-state index in [0.717, 1.165) is 0 Å². The molecule has 0 atom stereocenters. The fraction of sp³-hybridized carbons (Fsp3) is 0.143. The van der Waals surface area contributed by atoms with Crippen LogP contribution in [0.15, 0.2) is 60.7 Å². The van der Waals surface area contributed by atoms with Gasteiger partial charge < -0.3 is 29.4 Å². The van der Waals surface area contributed by atoms with Gasteiger partial charge in [-0.1, -0.05) is 60.7 Å². The molecule has 0 saturated carbocycles. The van der Waals surface area contributed by atoms with Gasteiger partial charge in [0.05, 0.1) is 0 Å². The Hall–Kier alpha value is -0.510. The second-order valence-corrected chi connectivity index (χ2v) is 10.9. The summed E-state index contributed by atoms with van der Waals surface area (Å²) in [6.07, 6.45) is -0.530. The quantitative estimate of drug-likeness (QED) is 0.501. The molecule has 0 fully saturated rings. The Morgan fingerprint density at radius 2 is 1.00 bits per heavy atom. The second-order valence-electron chi connectivity index (χ2n) is 4.84. The summed E-state index contributed by atoms with van der Waals surface area (Å²) in [4.78, 5) is 67.7. The third-order valence-corrected chi connectivity index (χ3v) is 9.88. The maximum absolute atomic E-state index is 11.3. The van der Waals surface area contributed by atoms with Crippen LogP contribution in [-0.4, -0.2) is 11.6 Å². The summed E-state index contributed by atoms with van der Waals surface area (Å²) < 4.78 is 0. The van der Waals surface area contributed by atoms with Crippen LogP contribution in [0.1, 0.15) is 0 Å². The highest BCUT2D eigenvalue weighted by atomic mass is 31.3. The van der Waals surface area contributed by atoms with Gasteiger partial charge >= 0.3 is 0 Å². The molecule has 0 aliphatic rings. The van der Waals surface area contributed by atoms with Crippen molar-refractivity contribution in [3.63, 3.8) is 0 Å². The number of benzene rings is 2. The van der Waals surface area contributed by atoms with E-state index < -0.39 is 35.4 Å². The van der Waals surface area contributed by atoms with E-state index in [0.29, 0.717) is 10.6 Å². The molecule has 0 radical (unpaired) electrons. The predicted octanol–water partition coefficient (Wildman–Crippen LogP) is -2.87. The largest absolute Gasteiger partial charge is 0.685 e. The molecule has 0 saturated heterocycles. The third kappa shape index (κ3) is 5.23. The Morgan fingerprint density at radius 3 is 1.30 bits per heavy atom. The van der Waals surface area contributed by atoms with E-state index >= 15 is 0 Å². The molecule has 0 N–H and O–H groups in total. The summed E-state index contributed by atoms with van der Waals surface area (Å²) in [6.45, 7) is 0. The van der Waals surface area contributed by atoms with Crippen LogP contribution >= 0.6 is 23.8 Å². The van der Waals surface area contributed by atoms with E-state index in [1.807, 2.05) is 0 Å². The molecule has 2 aromatic rings. The molecule has 9 heteroatoms. The van der Waals surface area contributed by atoms with Crippen LogP contribution in [0.3, 0.4) is 0 Å². The molecule has 0 aliphatic heterocycles. The minimum Gasteiger partial charge on any atom is -0.685 e. The standard InChI is InChI=1S/C14H17O6P3/c15-22(16,17)14(23(18,19)20)11-21(12-7-3-1-4-8-12)13-9-5-2-6-10-13/h1-10,14H,11H2,(H2,15,16,17)(H2,18,19,20)/p-4. The van der Waals surface area contributed by atoms with Crippen molar-refractivity contribution in [3.05, 3.63) is 60.7 Å². The van der Waals surface area contributed by atoms with Crippen LogP contribution < -0.4 is 40.0 Å². The van der Waals surface area contributed by atoms with Gasteiger partial charge in [0.1, 0.15) is 5.40 Å². The molecular weight excluding hydrogens is 357 g/mol. The lowest BCUT2D eigenvalue weighted by Crippen LogP contribution is -2.52. The summed E-state index contributed by atoms with van der Waals surface area (Å²) in [5.74, 6) is 0. The maximum Gasteiger partial charge on any atom is 0.139 e. The lowest BCUT2D eigenvalue weighted by atomic mass is 10.4. The van der Waals surface area contributed by atoms with Crippen molar-refractivity contribution >= 4 is 34.4 Å². The van der Waals surface area contributed by atoms with Gasteiger partial charge in [0.15, 0.2) is 0 Å². The molecule has 0 aromatic heterocycles. The first-order valence-corrected chi connectivity index (χ1v) is 11.4. The topological polar surface area (TPSA) is 138 Å². The van der Waals surface area contributed by atoms with Crippen LogP contribution in [0.4, 0.5) is 0 Å². The first kappa shape index (κ1) is 18.8. The zero-order chi connectivity index (χ0) is 17.1. The summed E-state index contributed by atoms with van der Waals surface area (Å²) >= 11 is 0. The maximum atomic E-state index is 11.3. The van der Waals surface area contributed by atoms with Crippen LogP contribution in [0.5, 0.6) is 0 Å². The summed E-state index contributed by atoms with van der Waals surface area (Å²) in [7, 11) is -12.6. The van der Waals surface area contributed by atoms with Crippen molar-refractivity contribution in [2.75, 3.05) is 6.16 Å². The Morgan fingerprint density at radius 1 is 0.652 bits per heavy atom. The van der Waals surface area contributed by atoms with E-state index in [-0.39, 0.29) is 0 Å². The third-order valence-electron chi connectivity index (χ3n) is 3.21. The van der Waals surface area contributed by atoms with Gasteiger partial charge in [-0.15, -0.1) is 15.9 Å². The molecule has 0 heterocycles. The molecule has 0 unspecified atom stereocenters. The minimum atomic E-state index is -5.56. The van der Waals surface area contributed by atoms with Crippen LogP contribution in [-0.2, 0) is 0 Å². The van der Waals surface area contributed by atoms with Crippen molar-refractivity contribution in [3.8, 4) is 0 Å². The van der Waals surface area contributed by atoms with Gasteiger partial charge in [-0.2, -0.15) is 0 Å². The molecule has 6 nitrogen and oxygen atoms in total. The molecule has 23 heavy (non-hydrogen) atoms. The van der Waals surface area contributed by atoms with Gasteiger partial charge in [0, 0.05) is 6.16 Å². The number of hydrogen-bond donors (Lipinski definition) is 0. The minimum absolute atomic E-state index is 0.530. The van der Waals surface area contributed by atoms with E-state index in [4.69, 9.17) is 0 Å². The lowest BCUT2D eigenvalue weighted by molar-refractivity contribution is -0.446. The van der Waals surface area contributed by atoms with E-state index in [1.54, 1.807) is 60.7 Å². The lowest BCUT2D eigenvalue weighted by Gasteiger charge is -2.59. The van der Waals surface area contributed by atoms with E-state index in [2.05, 4.69) is 0 Å². The first-order valence-electron chi connectivity index (χ1n) is 6.60. The molecule has 0 bridgehead atoms. The molecular formula is C14H13O6P3-4. The van der Waals surface area contributed by atoms with Crippen molar-refractivity contribution < 1.29 is 29.4 Å². The molecule has 0 spiro atoms. The van der Waals surface area contributed by atoms with Crippen molar-refractivity contribution in [2.24, 2.45) is 0 Å². The highest BCUT2D eigenvalue weighted by molar-refractivity contribution is 7.78. The van der Waals surface area contributed by atoms with Gasteiger partial charge in [0.2, 0.25) is 0 Å². The Kier molecular flexibility index (Phi) is 6.21. The second kappa shape index (κ2) is 7.58. The number of rotatable bonds is 6. The van der Waals surface area contributed by atoms with Gasteiger partial charge in [-0.25, -0.2) is 0 Å². The Labute approximate surface area is 136 Å². The SMILES string of the molecule is [O-][P+]([O-])([O-])C(CP(c1ccccc1)c1ccccc1)[P+]([O-])([O-])[O-]. The smallest absolute Gasteiger partial charge is 0.139 e. The van der Waals surface area contributed by atoms with Crippen molar-refractivity contribution in [1.82, 2.24) is 0 Å². The average molecular weight is 370 g/mol. The van der Waals surface area contributed by atoms with Crippen LogP contribution in [0.25, 0.3) is 0 Å². The summed E-state index contributed by atoms with van der Waals surface area (Å²) in [5.41, 5.74) is 0. The zero-order valence-corrected chi connectivity index (χ0v) is 14.5. The summed E-state index contributed by atoms with van der Waals surface area (Å²) in [5, 5.41) is -1.05. The normalized spacial score (nSPS) is 12.9. The molecule has 2 rings (SSSR count). The van der Waals surface area contributed by atoms with Gasteiger partial charge in [0.25, 0.3) is 0 Å². The van der Waals surface area contributed by atoms with Crippen LogP contribution in [0, 0.1) is 0 Å². The van der Waals surface area contributed by atoms with Gasteiger partial charge in [-0.3, -0.25) is 0 Å². The van der Waals surface area contributed by atoms with Gasteiger partial charge in [-0.05, 0) is 18.5 Å². The molecule has 0 amide bonds. The van der Waals surface area contributed by atoms with E-state index in [1.165, 1.54) is 0 Å². The monoisotopic (exact) mass is 370 g/mol. The zero-order valence-electron chi connectivity index (χ0n) is 11.8. The highest BCUT2D eigenvalue weighted by Crippen LogP contribution is 2.58. The number of hydrogen-bond acceptors (Lipinski definition) is 6. The first-order chi connectivity index (χ1) is 10.7. The fourth-order valence-electron chi connectivity index (χ4n) is 2.11. The fourth-order valence-corrected chi connectivity index (χ4v) is 8.19. The van der Waals surface area contributed by atoms with Crippen molar-refractivity contribution in [2.45, 2.75) is 5.40 Å². The molecule has 0 aliphatic carbocycles. The highest BCUT2D eigenvalue weighted by Gasteiger charge is 2.31. The van der Waals surface area contributed by atoms with E-state index in [9.17, 15) is 29.4 Å². The molecule has 2 aromatic carbocycles. The Bertz CT molecular complexity index is 558. The van der Waals surface area contributed by atoms with Crippen LogP contribution in [0.2, 0.25) is 0 Å². The average Bonchev–Trinajstić information content (AvgIpc) is 2.47. The Balaban J connectivity index is 2.42. The van der Waals surface area contributed by atoms with Crippen molar-refractivity contribution in [1.29, 1.82) is 0 Å².